The number of rotatable bonds is 5. The summed E-state index contributed by atoms with van der Waals surface area (Å²) in [6.07, 6.45) is 7.54. The molecule has 1 aliphatic heterocycles. The molecule has 0 aromatic carbocycles. The van der Waals surface area contributed by atoms with Crippen molar-refractivity contribution in [2.24, 2.45) is 0 Å². The minimum absolute atomic E-state index is 0.0291. The number of terminal acetylenes is 1. The molecule has 4 nitrogen and oxygen atoms in total. The topological polar surface area (TPSA) is 44.4 Å². The molecule has 1 amide bonds. The molecular formula is C12H21N3O. The van der Waals surface area contributed by atoms with Crippen molar-refractivity contribution >= 4 is 5.91 Å². The number of carbonyl (C=O) groups is 1. The average Bonchev–Trinajstić information content (AvgIpc) is 2.68. The van der Waals surface area contributed by atoms with E-state index in [0.717, 1.165) is 13.1 Å². The van der Waals surface area contributed by atoms with Gasteiger partial charge in [-0.15, -0.1) is 6.42 Å². The molecule has 0 saturated carbocycles. The first-order valence-corrected chi connectivity index (χ1v) is 5.80. The lowest BCUT2D eigenvalue weighted by Crippen LogP contribution is -2.46. The zero-order chi connectivity index (χ0) is 12.0. The van der Waals surface area contributed by atoms with E-state index in [4.69, 9.17) is 6.42 Å². The van der Waals surface area contributed by atoms with E-state index in [0.29, 0.717) is 12.6 Å². The van der Waals surface area contributed by atoms with E-state index in [-0.39, 0.29) is 11.9 Å². The molecule has 0 radical (unpaired) electrons. The Morgan fingerprint density at radius 3 is 3.00 bits per heavy atom. The largest absolute Gasteiger partial charge is 0.344 e. The van der Waals surface area contributed by atoms with Gasteiger partial charge in [-0.25, -0.2) is 0 Å². The van der Waals surface area contributed by atoms with E-state index < -0.39 is 0 Å². The van der Waals surface area contributed by atoms with E-state index in [9.17, 15) is 4.79 Å². The van der Waals surface area contributed by atoms with Crippen LogP contribution >= 0.6 is 0 Å². The Hall–Kier alpha value is -1.05. The lowest BCUT2D eigenvalue weighted by molar-refractivity contribution is -0.122. The number of hydrogen-bond donors (Lipinski definition) is 2. The second-order valence-corrected chi connectivity index (χ2v) is 4.33. The van der Waals surface area contributed by atoms with Crippen LogP contribution < -0.4 is 10.6 Å². The highest BCUT2D eigenvalue weighted by molar-refractivity contribution is 5.81. The fourth-order valence-corrected chi connectivity index (χ4v) is 1.93. The third-order valence-corrected chi connectivity index (χ3v) is 3.09. The Bertz CT molecular complexity index is 272. The van der Waals surface area contributed by atoms with Crippen LogP contribution in [0.5, 0.6) is 0 Å². The fraction of sp³-hybridized carbons (Fsp3) is 0.750. The SMILES string of the molecule is C#CCNC(=O)C(C)NCC1CCCN1C. The van der Waals surface area contributed by atoms with Gasteiger partial charge in [0.25, 0.3) is 0 Å². The van der Waals surface area contributed by atoms with Crippen LogP contribution in [0.2, 0.25) is 0 Å². The lowest BCUT2D eigenvalue weighted by atomic mass is 10.2. The zero-order valence-corrected chi connectivity index (χ0v) is 10.1. The number of likely N-dealkylation sites (tertiary alicyclic amines) is 1. The van der Waals surface area contributed by atoms with Gasteiger partial charge in [0.15, 0.2) is 0 Å². The van der Waals surface area contributed by atoms with Crippen LogP contribution in [0.4, 0.5) is 0 Å². The molecule has 0 aromatic heterocycles. The third kappa shape index (κ3) is 3.84. The molecule has 16 heavy (non-hydrogen) atoms. The first-order valence-electron chi connectivity index (χ1n) is 5.80. The van der Waals surface area contributed by atoms with Crippen LogP contribution in [0.1, 0.15) is 19.8 Å². The standard InChI is InChI=1S/C12H21N3O/c1-4-7-13-12(16)10(2)14-9-11-6-5-8-15(11)3/h1,10-11,14H,5-9H2,2-3H3,(H,13,16). The molecule has 0 spiro atoms. The third-order valence-electron chi connectivity index (χ3n) is 3.09. The second kappa shape index (κ2) is 6.51. The number of nitrogens with zero attached hydrogens (tertiary/aromatic N) is 1. The summed E-state index contributed by atoms with van der Waals surface area (Å²) in [6.45, 7) is 4.18. The van der Waals surface area contributed by atoms with Crippen molar-refractivity contribution in [2.75, 3.05) is 26.7 Å². The van der Waals surface area contributed by atoms with E-state index in [1.54, 1.807) is 0 Å². The fourth-order valence-electron chi connectivity index (χ4n) is 1.93. The monoisotopic (exact) mass is 223 g/mol. The van der Waals surface area contributed by atoms with Crippen molar-refractivity contribution in [2.45, 2.75) is 31.8 Å². The molecule has 2 atom stereocenters. The molecular weight excluding hydrogens is 202 g/mol. The highest BCUT2D eigenvalue weighted by atomic mass is 16.2. The van der Waals surface area contributed by atoms with Crippen LogP contribution in [0.15, 0.2) is 0 Å². The minimum atomic E-state index is -0.178. The first-order chi connectivity index (χ1) is 7.65. The molecule has 2 unspecified atom stereocenters. The van der Waals surface area contributed by atoms with Crippen LogP contribution in [0.3, 0.4) is 0 Å². The Labute approximate surface area is 97.8 Å². The summed E-state index contributed by atoms with van der Waals surface area (Å²) in [7, 11) is 2.13. The Morgan fingerprint density at radius 1 is 1.69 bits per heavy atom. The predicted molar refractivity (Wildman–Crippen MR) is 65.0 cm³/mol. The molecule has 0 bridgehead atoms. The molecule has 0 aromatic rings. The first kappa shape index (κ1) is 13.0. The second-order valence-electron chi connectivity index (χ2n) is 4.33. The minimum Gasteiger partial charge on any atom is -0.344 e. The summed E-state index contributed by atoms with van der Waals surface area (Å²) in [5, 5.41) is 5.91. The van der Waals surface area contributed by atoms with Crippen molar-refractivity contribution in [3.63, 3.8) is 0 Å². The van der Waals surface area contributed by atoms with Crippen molar-refractivity contribution in [1.82, 2.24) is 15.5 Å². The summed E-state index contributed by atoms with van der Waals surface area (Å²) < 4.78 is 0. The highest BCUT2D eigenvalue weighted by Crippen LogP contribution is 2.13. The number of nitrogens with one attached hydrogen (secondary N) is 2. The van der Waals surface area contributed by atoms with E-state index >= 15 is 0 Å². The Kier molecular flexibility index (Phi) is 5.30. The molecule has 90 valence electrons. The molecule has 1 heterocycles. The molecule has 1 rings (SSSR count). The van der Waals surface area contributed by atoms with Gasteiger partial charge in [-0.1, -0.05) is 5.92 Å². The van der Waals surface area contributed by atoms with E-state index in [1.807, 2.05) is 6.92 Å². The van der Waals surface area contributed by atoms with Crippen molar-refractivity contribution in [3.05, 3.63) is 0 Å². The van der Waals surface area contributed by atoms with Gasteiger partial charge in [0.1, 0.15) is 0 Å². The normalized spacial score (nSPS) is 22.7. The van der Waals surface area contributed by atoms with Crippen molar-refractivity contribution < 1.29 is 4.79 Å². The van der Waals surface area contributed by atoms with Gasteiger partial charge in [-0.05, 0) is 33.4 Å². The number of carbonyl (C=O) groups excluding carboxylic acids is 1. The van der Waals surface area contributed by atoms with Gasteiger partial charge in [0, 0.05) is 12.6 Å². The lowest BCUT2D eigenvalue weighted by Gasteiger charge is -2.22. The van der Waals surface area contributed by atoms with Crippen molar-refractivity contribution in [1.29, 1.82) is 0 Å². The van der Waals surface area contributed by atoms with Gasteiger partial charge in [0.2, 0.25) is 5.91 Å². The molecule has 0 aliphatic carbocycles. The molecule has 1 aliphatic rings. The average molecular weight is 223 g/mol. The molecule has 4 heteroatoms. The molecule has 1 fully saturated rings. The zero-order valence-electron chi connectivity index (χ0n) is 10.1. The van der Waals surface area contributed by atoms with E-state index in [1.165, 1.54) is 12.8 Å². The van der Waals surface area contributed by atoms with Crippen LogP contribution in [-0.4, -0.2) is 49.6 Å². The summed E-state index contributed by atoms with van der Waals surface area (Å²) in [4.78, 5) is 13.8. The predicted octanol–water partition coefficient (Wildman–Crippen LogP) is -0.192. The summed E-state index contributed by atoms with van der Waals surface area (Å²) in [5.41, 5.74) is 0. The summed E-state index contributed by atoms with van der Waals surface area (Å²) in [5.74, 6) is 2.36. The van der Waals surface area contributed by atoms with Crippen molar-refractivity contribution in [3.8, 4) is 12.3 Å². The maximum atomic E-state index is 11.5. The quantitative estimate of drug-likeness (QED) is 0.635. The van der Waals surface area contributed by atoms with E-state index in [2.05, 4.69) is 28.5 Å². The molecule has 1 saturated heterocycles. The van der Waals surface area contributed by atoms with Gasteiger partial charge < -0.3 is 15.5 Å². The van der Waals surface area contributed by atoms with Gasteiger partial charge >= 0.3 is 0 Å². The molecule has 2 N–H and O–H groups in total. The highest BCUT2D eigenvalue weighted by Gasteiger charge is 2.21. The Morgan fingerprint density at radius 2 is 2.44 bits per heavy atom. The summed E-state index contributed by atoms with van der Waals surface area (Å²) >= 11 is 0. The van der Waals surface area contributed by atoms with Gasteiger partial charge in [-0.3, -0.25) is 4.79 Å². The number of hydrogen-bond acceptors (Lipinski definition) is 3. The van der Waals surface area contributed by atoms with Gasteiger partial charge in [0.05, 0.1) is 12.6 Å². The number of amides is 1. The maximum absolute atomic E-state index is 11.5. The number of likely N-dealkylation sites (N-methyl/N-ethyl adjacent to an activating group) is 1. The Balaban J connectivity index is 2.21. The van der Waals surface area contributed by atoms with Gasteiger partial charge in [-0.2, -0.15) is 0 Å². The smallest absolute Gasteiger partial charge is 0.237 e. The summed E-state index contributed by atoms with van der Waals surface area (Å²) in [6, 6.07) is 0.380. The van der Waals surface area contributed by atoms with Crippen LogP contribution in [0.25, 0.3) is 0 Å². The van der Waals surface area contributed by atoms with Crippen LogP contribution in [0, 0.1) is 12.3 Å². The van der Waals surface area contributed by atoms with Crippen LogP contribution in [-0.2, 0) is 4.79 Å². The maximum Gasteiger partial charge on any atom is 0.237 e.